The second kappa shape index (κ2) is 6.62. The molecule has 0 amide bonds. The molecule has 0 aliphatic heterocycles. The highest BCUT2D eigenvalue weighted by molar-refractivity contribution is 8.13. The highest BCUT2D eigenvalue weighted by Crippen LogP contribution is 2.09. The molecule has 1 aromatic carbocycles. The zero-order valence-electron chi connectivity index (χ0n) is 10.3. The lowest BCUT2D eigenvalue weighted by Gasteiger charge is -1.97. The number of benzene rings is 1. The van der Waals surface area contributed by atoms with Crippen molar-refractivity contribution in [2.75, 3.05) is 12.0 Å². The van der Waals surface area contributed by atoms with Crippen molar-refractivity contribution < 1.29 is 13.2 Å². The van der Waals surface area contributed by atoms with Crippen LogP contribution in [0.4, 0.5) is 0 Å². The molecule has 0 saturated heterocycles. The fourth-order valence-electron chi connectivity index (χ4n) is 1.20. The Morgan fingerprint density at radius 2 is 1.89 bits per heavy atom. The summed E-state index contributed by atoms with van der Waals surface area (Å²) in [4.78, 5) is 11.0. The first kappa shape index (κ1) is 14.8. The summed E-state index contributed by atoms with van der Waals surface area (Å²) in [5.74, 6) is 6.55. The molecule has 5 heteroatoms. The Balaban J connectivity index is 2.59. The van der Waals surface area contributed by atoms with Gasteiger partial charge in [-0.15, -0.1) is 0 Å². The van der Waals surface area contributed by atoms with E-state index in [-0.39, 0.29) is 5.12 Å². The third-order valence-electron chi connectivity index (χ3n) is 2.05. The number of thioether (sulfide) groups is 1. The average Bonchev–Trinajstić information content (AvgIpc) is 2.27. The van der Waals surface area contributed by atoms with Crippen molar-refractivity contribution in [3.05, 3.63) is 29.8 Å². The lowest BCUT2D eigenvalue weighted by molar-refractivity contribution is -0.109. The van der Waals surface area contributed by atoms with Crippen LogP contribution in [0.3, 0.4) is 0 Å². The van der Waals surface area contributed by atoms with E-state index in [9.17, 15) is 13.2 Å². The van der Waals surface area contributed by atoms with Gasteiger partial charge in [-0.1, -0.05) is 23.6 Å². The van der Waals surface area contributed by atoms with Gasteiger partial charge in [0.1, 0.15) is 0 Å². The minimum atomic E-state index is -3.15. The van der Waals surface area contributed by atoms with Crippen molar-refractivity contribution in [2.45, 2.75) is 18.2 Å². The van der Waals surface area contributed by atoms with Gasteiger partial charge in [-0.2, -0.15) is 0 Å². The minimum Gasteiger partial charge on any atom is -0.288 e. The van der Waals surface area contributed by atoms with E-state index < -0.39 is 9.84 Å². The molecule has 1 rings (SSSR count). The van der Waals surface area contributed by atoms with Gasteiger partial charge in [0, 0.05) is 30.9 Å². The maximum atomic E-state index is 11.2. The molecule has 0 unspecified atom stereocenters. The maximum absolute atomic E-state index is 11.2. The lowest BCUT2D eigenvalue weighted by atomic mass is 10.2. The van der Waals surface area contributed by atoms with Crippen molar-refractivity contribution in [3.8, 4) is 11.8 Å². The van der Waals surface area contributed by atoms with Gasteiger partial charge in [0.2, 0.25) is 0 Å². The topological polar surface area (TPSA) is 51.2 Å². The summed E-state index contributed by atoms with van der Waals surface area (Å²) in [5.41, 5.74) is 0.773. The van der Waals surface area contributed by atoms with E-state index in [4.69, 9.17) is 0 Å². The van der Waals surface area contributed by atoms with Crippen LogP contribution < -0.4 is 0 Å². The number of carbonyl (C=O) groups excluding carboxylic acids is 1. The summed E-state index contributed by atoms with van der Waals surface area (Å²) in [5, 5.41) is 0.0919. The van der Waals surface area contributed by atoms with Gasteiger partial charge < -0.3 is 0 Å². The van der Waals surface area contributed by atoms with Crippen molar-refractivity contribution in [1.82, 2.24) is 0 Å². The van der Waals surface area contributed by atoms with Crippen molar-refractivity contribution >= 4 is 26.7 Å². The van der Waals surface area contributed by atoms with E-state index in [1.165, 1.54) is 24.9 Å². The van der Waals surface area contributed by atoms with Gasteiger partial charge in [0.15, 0.2) is 15.0 Å². The third-order valence-corrected chi connectivity index (χ3v) is 3.99. The van der Waals surface area contributed by atoms with Gasteiger partial charge in [-0.25, -0.2) is 8.42 Å². The van der Waals surface area contributed by atoms with Gasteiger partial charge in [-0.05, 0) is 24.3 Å². The molecule has 0 aliphatic rings. The van der Waals surface area contributed by atoms with E-state index in [0.717, 1.165) is 5.56 Å². The first-order chi connectivity index (χ1) is 8.39. The summed E-state index contributed by atoms with van der Waals surface area (Å²) >= 11 is 1.25. The molecule has 0 heterocycles. The molecule has 18 heavy (non-hydrogen) atoms. The summed E-state index contributed by atoms with van der Waals surface area (Å²) in [6, 6.07) is 6.45. The fourth-order valence-corrected chi connectivity index (χ4v) is 2.32. The number of carbonyl (C=O) groups is 1. The molecule has 0 spiro atoms. The van der Waals surface area contributed by atoms with E-state index in [1.54, 1.807) is 24.3 Å². The van der Waals surface area contributed by atoms with E-state index in [0.29, 0.717) is 17.1 Å². The van der Waals surface area contributed by atoms with E-state index in [1.807, 2.05) is 0 Å². The highest BCUT2D eigenvalue weighted by Gasteiger charge is 2.04. The Labute approximate surface area is 112 Å². The third kappa shape index (κ3) is 5.39. The molecule has 96 valence electrons. The summed E-state index contributed by atoms with van der Waals surface area (Å²) < 4.78 is 22.5. The first-order valence-electron chi connectivity index (χ1n) is 5.32. The van der Waals surface area contributed by atoms with Crippen LogP contribution in [0.15, 0.2) is 29.2 Å². The molecular formula is C13H14O3S2. The Kier molecular flexibility index (Phi) is 5.45. The number of rotatable bonds is 3. The molecule has 3 nitrogen and oxygen atoms in total. The van der Waals surface area contributed by atoms with Gasteiger partial charge in [0.05, 0.1) is 4.90 Å². The van der Waals surface area contributed by atoms with Crippen LogP contribution in [0.25, 0.3) is 0 Å². The molecular weight excluding hydrogens is 268 g/mol. The predicted octanol–water partition coefficient (Wildman–Crippen LogP) is 2.11. The smallest absolute Gasteiger partial charge is 0.185 e. The van der Waals surface area contributed by atoms with Gasteiger partial charge in [-0.3, -0.25) is 4.79 Å². The molecule has 1 aromatic rings. The second-order valence-corrected chi connectivity index (χ2v) is 6.98. The standard InChI is InChI=1S/C13H14O3S2/c1-11(14)17-10-4-3-5-12-6-8-13(9-7-12)18(2,15)16/h6-9H,4,10H2,1-2H3. The maximum Gasteiger partial charge on any atom is 0.185 e. The quantitative estimate of drug-likeness (QED) is 0.629. The van der Waals surface area contributed by atoms with Crippen molar-refractivity contribution in [3.63, 3.8) is 0 Å². The highest BCUT2D eigenvalue weighted by atomic mass is 32.2. The largest absolute Gasteiger partial charge is 0.288 e. The zero-order chi connectivity index (χ0) is 13.6. The normalized spacial score (nSPS) is 10.6. The summed E-state index contributed by atoms with van der Waals surface area (Å²) in [7, 11) is -3.15. The predicted molar refractivity (Wildman–Crippen MR) is 74.2 cm³/mol. The molecule has 0 bridgehead atoms. The molecule has 0 aliphatic carbocycles. The molecule has 0 aromatic heterocycles. The second-order valence-electron chi connectivity index (χ2n) is 3.69. The molecule has 0 saturated carbocycles. The van der Waals surface area contributed by atoms with Crippen LogP contribution in [0.1, 0.15) is 18.9 Å². The van der Waals surface area contributed by atoms with Crippen LogP contribution in [-0.4, -0.2) is 25.5 Å². The SMILES string of the molecule is CC(=O)SCCC#Cc1ccc(S(C)(=O)=O)cc1. The Bertz CT molecular complexity index is 575. The van der Waals surface area contributed by atoms with Crippen LogP contribution >= 0.6 is 11.8 Å². The minimum absolute atomic E-state index is 0.0919. The number of hydrogen-bond donors (Lipinski definition) is 0. The molecule has 0 radical (unpaired) electrons. The lowest BCUT2D eigenvalue weighted by Crippen LogP contribution is -1.96. The van der Waals surface area contributed by atoms with E-state index >= 15 is 0 Å². The molecule has 0 atom stereocenters. The monoisotopic (exact) mass is 282 g/mol. The first-order valence-corrected chi connectivity index (χ1v) is 8.19. The van der Waals surface area contributed by atoms with Crippen LogP contribution in [0, 0.1) is 11.8 Å². The Morgan fingerprint density at radius 1 is 1.28 bits per heavy atom. The van der Waals surface area contributed by atoms with Crippen LogP contribution in [0.2, 0.25) is 0 Å². The molecule has 0 fully saturated rings. The number of hydrogen-bond acceptors (Lipinski definition) is 4. The van der Waals surface area contributed by atoms with Crippen molar-refractivity contribution in [2.24, 2.45) is 0 Å². The summed E-state index contributed by atoms with van der Waals surface area (Å²) in [6.45, 7) is 1.53. The van der Waals surface area contributed by atoms with E-state index in [2.05, 4.69) is 11.8 Å². The van der Waals surface area contributed by atoms with Gasteiger partial charge in [0.25, 0.3) is 0 Å². The van der Waals surface area contributed by atoms with Crippen LogP contribution in [0.5, 0.6) is 0 Å². The number of sulfone groups is 1. The Morgan fingerprint density at radius 3 is 2.39 bits per heavy atom. The van der Waals surface area contributed by atoms with Crippen molar-refractivity contribution in [1.29, 1.82) is 0 Å². The zero-order valence-corrected chi connectivity index (χ0v) is 11.9. The van der Waals surface area contributed by atoms with Gasteiger partial charge >= 0.3 is 0 Å². The average molecular weight is 282 g/mol. The molecule has 0 N–H and O–H groups in total. The van der Waals surface area contributed by atoms with Crippen LogP contribution in [-0.2, 0) is 14.6 Å². The summed E-state index contributed by atoms with van der Waals surface area (Å²) in [6.07, 6.45) is 1.81. The fraction of sp³-hybridized carbons (Fsp3) is 0.308. The Hall–Kier alpha value is -1.25.